The molecule has 0 amide bonds. The van der Waals surface area contributed by atoms with Gasteiger partial charge in [0.05, 0.1) is 0 Å². The number of aromatic nitrogens is 3. The van der Waals surface area contributed by atoms with Crippen molar-refractivity contribution in [2.24, 2.45) is 0 Å². The number of aldehydes is 1. The van der Waals surface area contributed by atoms with Gasteiger partial charge in [0.1, 0.15) is 11.4 Å². The molecule has 0 radical (unpaired) electrons. The Balaban J connectivity index is -0.0000000736. The second kappa shape index (κ2) is 41.5. The largest absolute Gasteiger partial charge is 0.296 e. The van der Waals surface area contributed by atoms with E-state index in [2.05, 4.69) is 52.2 Å². The van der Waals surface area contributed by atoms with Crippen LogP contribution in [0.15, 0.2) is 73.2 Å². The molecule has 34 heavy (non-hydrogen) atoms. The zero-order valence-electron chi connectivity index (χ0n) is 20.4. The first-order chi connectivity index (χ1) is 15.6. The number of aryl methyl sites for hydroxylation is 1. The van der Waals surface area contributed by atoms with E-state index in [4.69, 9.17) is 0 Å². The van der Waals surface area contributed by atoms with E-state index in [1.807, 2.05) is 66.7 Å². The molecule has 7 heteroatoms. The van der Waals surface area contributed by atoms with Gasteiger partial charge in [-0.1, -0.05) is 74.6 Å². The fourth-order valence-electron chi connectivity index (χ4n) is 1.46. The lowest BCUT2D eigenvalue weighted by atomic mass is 10.3. The van der Waals surface area contributed by atoms with Crippen molar-refractivity contribution in [1.82, 2.24) is 15.0 Å². The highest BCUT2D eigenvalue weighted by molar-refractivity contribution is 15.0. The second-order valence-electron chi connectivity index (χ2n) is 4.61. The fraction of sp³-hybridized carbons (Fsp3) is 0.370. The Hall–Kier alpha value is -1.75. The van der Waals surface area contributed by atoms with Crippen LogP contribution in [0.4, 0.5) is 0 Å². The molecule has 0 aliphatic carbocycles. The average molecular weight is 697 g/mol. The zero-order valence-corrected chi connectivity index (χ0v) is 24.7. The van der Waals surface area contributed by atoms with Gasteiger partial charge in [-0.15, -0.1) is 0 Å². The Morgan fingerprint density at radius 1 is 0.706 bits per heavy atom. The summed E-state index contributed by atoms with van der Waals surface area (Å²) in [5.41, 5.74) is 2.08. The SMILES string of the molecule is C.C.CC.CC.CC.CC(=O)c1ccccn1.Cc1ccccn1.II.O=Cc1ccccn1. The minimum absolute atomic E-state index is 0. The molecule has 0 aliphatic heterocycles. The van der Waals surface area contributed by atoms with E-state index in [-0.39, 0.29) is 20.6 Å². The number of carbonyl (C=O) groups is 2. The summed E-state index contributed by atoms with van der Waals surface area (Å²) in [4.78, 5) is 32.1. The van der Waals surface area contributed by atoms with Crippen LogP contribution in [-0.2, 0) is 0 Å². The predicted molar refractivity (Wildman–Crippen MR) is 168 cm³/mol. The molecule has 0 atom stereocenters. The van der Waals surface area contributed by atoms with Crippen molar-refractivity contribution in [3.63, 3.8) is 0 Å². The van der Waals surface area contributed by atoms with Gasteiger partial charge in [0, 0.05) is 68.4 Å². The van der Waals surface area contributed by atoms with Crippen molar-refractivity contribution in [2.75, 3.05) is 0 Å². The molecule has 0 N–H and O–H groups in total. The standard InChI is InChI=1S/C7H7NO.C6H5NO.C6H7N.3C2H6.2CH4.I2/c1-6(9)7-4-2-3-5-8-7;8-5-6-3-1-2-4-7-6;1-6-4-2-3-5-7-6;3*1-2;;;1-2/h2-5H,1H3;1-5H;2-5H,1H3;3*1-2H3;2*1H4;. The van der Waals surface area contributed by atoms with E-state index in [0.717, 1.165) is 12.0 Å². The molecule has 0 spiro atoms. The van der Waals surface area contributed by atoms with Crippen molar-refractivity contribution in [3.05, 3.63) is 90.3 Å². The van der Waals surface area contributed by atoms with Gasteiger partial charge in [-0.05, 0) is 43.3 Å². The Labute approximate surface area is 233 Å². The third-order valence-electron chi connectivity index (χ3n) is 2.65. The molecule has 0 saturated heterocycles. The Kier molecular flexibility index (Phi) is 55.8. The normalized spacial score (nSPS) is 6.88. The molecule has 3 aromatic heterocycles. The van der Waals surface area contributed by atoms with E-state index < -0.39 is 0 Å². The Morgan fingerprint density at radius 3 is 1.29 bits per heavy atom. The number of Topliss-reactive ketones (excluding diaryl/α,β-unsaturated/α-hetero) is 1. The van der Waals surface area contributed by atoms with Crippen molar-refractivity contribution in [1.29, 1.82) is 0 Å². The summed E-state index contributed by atoms with van der Waals surface area (Å²) < 4.78 is 0. The van der Waals surface area contributed by atoms with E-state index >= 15 is 0 Å². The van der Waals surface area contributed by atoms with Crippen LogP contribution in [0, 0.1) is 6.92 Å². The van der Waals surface area contributed by atoms with Gasteiger partial charge in [-0.25, -0.2) is 0 Å². The van der Waals surface area contributed by atoms with E-state index in [1.165, 1.54) is 6.92 Å². The summed E-state index contributed by atoms with van der Waals surface area (Å²) in [7, 11) is 0. The number of rotatable bonds is 2. The second-order valence-corrected chi connectivity index (χ2v) is 4.61. The number of halogens is 2. The van der Waals surface area contributed by atoms with E-state index in [9.17, 15) is 9.59 Å². The monoisotopic (exact) mass is 697 g/mol. The zero-order chi connectivity index (χ0) is 25.6. The molecule has 0 saturated carbocycles. The number of nitrogens with zero attached hydrogens (tertiary/aromatic N) is 3. The first-order valence-corrected chi connectivity index (χ1v) is 16.7. The molecule has 0 aromatic carbocycles. The van der Waals surface area contributed by atoms with Gasteiger partial charge < -0.3 is 0 Å². The quantitative estimate of drug-likeness (QED) is 0.152. The fourth-order valence-corrected chi connectivity index (χ4v) is 1.46. The molecule has 3 aromatic rings. The number of hydrogen-bond acceptors (Lipinski definition) is 5. The van der Waals surface area contributed by atoms with Gasteiger partial charge in [0.25, 0.3) is 0 Å². The van der Waals surface area contributed by atoms with Crippen molar-refractivity contribution < 1.29 is 9.59 Å². The summed E-state index contributed by atoms with van der Waals surface area (Å²) in [5, 5.41) is 0. The van der Waals surface area contributed by atoms with Crippen molar-refractivity contribution in [2.45, 2.75) is 70.2 Å². The number of ketones is 1. The van der Waals surface area contributed by atoms with E-state index in [0.29, 0.717) is 11.4 Å². The van der Waals surface area contributed by atoms with Crippen molar-refractivity contribution >= 4 is 49.3 Å². The van der Waals surface area contributed by atoms with Crippen LogP contribution in [0.2, 0.25) is 0 Å². The van der Waals surface area contributed by atoms with Gasteiger partial charge in [0.2, 0.25) is 0 Å². The molecule has 0 aliphatic rings. The van der Waals surface area contributed by atoms with Crippen LogP contribution in [0.1, 0.15) is 90.0 Å². The van der Waals surface area contributed by atoms with Crippen LogP contribution in [0.3, 0.4) is 0 Å². The van der Waals surface area contributed by atoms with Gasteiger partial charge in [0.15, 0.2) is 12.1 Å². The topological polar surface area (TPSA) is 72.8 Å². The number of hydrogen-bond donors (Lipinski definition) is 0. The highest BCUT2D eigenvalue weighted by Gasteiger charge is 1.94. The average Bonchev–Trinajstić information content (AvgIpc) is 2.91. The molecule has 5 nitrogen and oxygen atoms in total. The minimum atomic E-state index is 0. The molecule has 3 rings (SSSR count). The molecule has 0 unspecified atom stereocenters. The summed E-state index contributed by atoms with van der Waals surface area (Å²) in [6, 6.07) is 16.3. The van der Waals surface area contributed by atoms with Gasteiger partial charge in [-0.3, -0.25) is 24.5 Å². The molecule has 0 bridgehead atoms. The van der Waals surface area contributed by atoms with Gasteiger partial charge >= 0.3 is 0 Å². The third kappa shape index (κ3) is 32.4. The lowest BCUT2D eigenvalue weighted by Crippen LogP contribution is -1.93. The smallest absolute Gasteiger partial charge is 0.178 e. The molecule has 0 fully saturated rings. The maximum atomic E-state index is 10.6. The third-order valence-corrected chi connectivity index (χ3v) is 2.65. The summed E-state index contributed by atoms with van der Waals surface area (Å²) in [6.45, 7) is 15.5. The Morgan fingerprint density at radius 2 is 1.12 bits per heavy atom. The lowest BCUT2D eigenvalue weighted by molar-refractivity contribution is 0.101. The van der Waals surface area contributed by atoms with Gasteiger partial charge in [-0.2, -0.15) is 0 Å². The number of carbonyl (C=O) groups excluding carboxylic acids is 2. The maximum absolute atomic E-state index is 10.6. The lowest BCUT2D eigenvalue weighted by Gasteiger charge is -1.88. The van der Waals surface area contributed by atoms with Crippen LogP contribution in [0.25, 0.3) is 0 Å². The number of pyridine rings is 3. The summed E-state index contributed by atoms with van der Waals surface area (Å²) in [6.07, 6.45) is 5.70. The maximum Gasteiger partial charge on any atom is 0.178 e. The highest BCUT2D eigenvalue weighted by atomic mass is 128. The molecule has 194 valence electrons. The molecule has 3 heterocycles. The van der Waals surface area contributed by atoms with E-state index in [1.54, 1.807) is 55.0 Å². The summed E-state index contributed by atoms with van der Waals surface area (Å²) in [5.74, 6) is 0.00981. The van der Waals surface area contributed by atoms with Crippen molar-refractivity contribution in [3.8, 4) is 0 Å². The predicted octanol–water partition coefficient (Wildman–Crippen LogP) is 9.69. The molecular weight excluding hydrogens is 652 g/mol. The molecular formula is C27H45I2N3O2. The van der Waals surface area contributed by atoms with Crippen LogP contribution in [0.5, 0.6) is 0 Å². The minimum Gasteiger partial charge on any atom is -0.296 e. The Bertz CT molecular complexity index is 731. The van der Waals surface area contributed by atoms with Crippen LogP contribution >= 0.6 is 37.2 Å². The van der Waals surface area contributed by atoms with Crippen LogP contribution in [-0.4, -0.2) is 27.0 Å². The first kappa shape index (κ1) is 45.7. The summed E-state index contributed by atoms with van der Waals surface area (Å²) >= 11 is 4.24. The highest BCUT2D eigenvalue weighted by Crippen LogP contribution is 1.92. The first-order valence-electron chi connectivity index (χ1n) is 10.4. The van der Waals surface area contributed by atoms with Crippen LogP contribution < -0.4 is 0 Å².